The molecule has 0 atom stereocenters. The largest absolute Gasteiger partial charge is 1.00 e. The topological polar surface area (TPSA) is 38.2 Å². The minimum absolute atomic E-state index is 0. The molecule has 4 rings (SSSR count). The Morgan fingerprint density at radius 3 is 1.95 bits per heavy atom. The third-order valence-electron chi connectivity index (χ3n) is 7.42. The molecule has 0 bridgehead atoms. The summed E-state index contributed by atoms with van der Waals surface area (Å²) in [5, 5.41) is 0.127. The number of alkyl halides is 3. The van der Waals surface area contributed by atoms with Crippen LogP contribution in [0.2, 0.25) is 0 Å². The predicted octanol–water partition coefficient (Wildman–Crippen LogP) is 3.90. The van der Waals surface area contributed by atoms with Gasteiger partial charge in [-0.1, -0.05) is 70.4 Å². The van der Waals surface area contributed by atoms with Crippen LogP contribution in [0.3, 0.4) is 0 Å². The quantitative estimate of drug-likeness (QED) is 0.189. The van der Waals surface area contributed by atoms with Crippen LogP contribution in [0.15, 0.2) is 47.6 Å². The van der Waals surface area contributed by atoms with Crippen LogP contribution in [-0.4, -0.2) is 60.1 Å². The Kier molecular flexibility index (Phi) is 11.7. The lowest BCUT2D eigenvalue weighted by Gasteiger charge is -2.42. The van der Waals surface area contributed by atoms with Gasteiger partial charge in [0.25, 0.3) is 0 Å². The van der Waals surface area contributed by atoms with E-state index in [0.717, 1.165) is 84.8 Å². The first-order valence-corrected chi connectivity index (χ1v) is 15.0. The number of nitrogens with zero attached hydrogens (tertiary/aromatic N) is 4. The lowest BCUT2D eigenvalue weighted by molar-refractivity contribution is -0.947. The molecule has 41 heavy (non-hydrogen) atoms. The Morgan fingerprint density at radius 2 is 1.41 bits per heavy atom. The minimum Gasteiger partial charge on any atom is -1.00 e. The molecule has 0 spiro atoms. The molecule has 224 valence electrons. The Bertz CT molecular complexity index is 1270. The maximum atomic E-state index is 13.8. The third kappa shape index (κ3) is 9.43. The van der Waals surface area contributed by atoms with Crippen molar-refractivity contribution in [1.29, 1.82) is 0 Å². The van der Waals surface area contributed by atoms with E-state index < -0.39 is 11.9 Å². The zero-order chi connectivity index (χ0) is 28.9. The molecule has 0 saturated carbocycles. The van der Waals surface area contributed by atoms with Gasteiger partial charge in [0.1, 0.15) is 25.5 Å². The van der Waals surface area contributed by atoms with Crippen molar-refractivity contribution in [3.05, 3.63) is 81.5 Å². The molecule has 1 aliphatic heterocycles. The molecule has 1 aromatic heterocycles. The molecule has 1 saturated heterocycles. The van der Waals surface area contributed by atoms with E-state index in [4.69, 9.17) is 4.74 Å². The van der Waals surface area contributed by atoms with Crippen molar-refractivity contribution in [1.82, 2.24) is 9.97 Å². The van der Waals surface area contributed by atoms with Crippen LogP contribution < -0.4 is 21.9 Å². The molecular weight excluding hydrogens is 613 g/mol. The number of hydrogen-bond donors (Lipinski definition) is 0. The second-order valence-corrected chi connectivity index (χ2v) is 11.9. The molecule has 0 N–H and O–H groups in total. The fourth-order valence-electron chi connectivity index (χ4n) is 5.80. The average molecular weight is 654 g/mol. The highest BCUT2D eigenvalue weighted by Crippen LogP contribution is 2.32. The van der Waals surface area contributed by atoms with E-state index in [-0.39, 0.29) is 22.1 Å². The lowest BCUT2D eigenvalue weighted by atomic mass is 10.1. The van der Waals surface area contributed by atoms with Crippen molar-refractivity contribution in [2.75, 3.05) is 50.5 Å². The van der Waals surface area contributed by atoms with Crippen LogP contribution >= 0.6 is 11.8 Å². The van der Waals surface area contributed by atoms with E-state index in [1.165, 1.54) is 16.7 Å². The average Bonchev–Trinajstić information content (AvgIpc) is 2.86. The van der Waals surface area contributed by atoms with Gasteiger partial charge < -0.3 is 31.1 Å². The lowest BCUT2D eigenvalue weighted by Crippen LogP contribution is -3.00. The maximum Gasteiger partial charge on any atom is 0.433 e. The number of hydrogen-bond acceptors (Lipinski definition) is 5. The van der Waals surface area contributed by atoms with E-state index in [1.54, 1.807) is 6.26 Å². The van der Waals surface area contributed by atoms with Crippen LogP contribution in [0.25, 0.3) is 0 Å². The van der Waals surface area contributed by atoms with E-state index in [1.807, 2.05) is 18.7 Å². The SMILES string of the molecule is CSc1nc(N(CCC[N+]2(Cc3cc(C)cc(C)c3)CCOCC2)Cc2cc(C)cc(C)c2)cc(C(F)(F)F)n1.[Br-]. The molecule has 0 radical (unpaired) electrons. The van der Waals surface area contributed by atoms with Gasteiger partial charge >= 0.3 is 6.18 Å². The first-order valence-electron chi connectivity index (χ1n) is 13.8. The van der Waals surface area contributed by atoms with E-state index in [2.05, 4.69) is 60.2 Å². The molecule has 0 aliphatic carbocycles. The Morgan fingerprint density at radius 1 is 0.854 bits per heavy atom. The number of halogens is 4. The van der Waals surface area contributed by atoms with Crippen LogP contribution in [0.5, 0.6) is 0 Å². The standard InChI is InChI=1S/C31H40F3N4OS.BrH/c1-22-13-23(2)16-26(15-22)20-37(29-19-28(31(32,33)34)35-30(36-29)40-5)7-6-8-38(9-11-39-12-10-38)21-27-17-24(3)14-25(4)18-27;/h13-19H,6-12,20-21H2,1-5H3;1H/q+1;/p-1. The van der Waals surface area contributed by atoms with Gasteiger partial charge in [0, 0.05) is 31.1 Å². The number of ether oxygens (including phenoxy) is 1. The summed E-state index contributed by atoms with van der Waals surface area (Å²) in [6, 6.07) is 14.1. The number of thioether (sulfide) groups is 1. The van der Waals surface area contributed by atoms with E-state index >= 15 is 0 Å². The highest BCUT2D eigenvalue weighted by Gasteiger charge is 2.35. The highest BCUT2D eigenvalue weighted by atomic mass is 79.9. The smallest absolute Gasteiger partial charge is 0.433 e. The summed E-state index contributed by atoms with van der Waals surface area (Å²) in [6.45, 7) is 14.5. The zero-order valence-electron chi connectivity index (χ0n) is 24.5. The van der Waals surface area contributed by atoms with Crippen molar-refractivity contribution in [3.63, 3.8) is 0 Å². The number of aromatic nitrogens is 2. The van der Waals surface area contributed by atoms with Crippen LogP contribution in [-0.2, 0) is 24.0 Å². The summed E-state index contributed by atoms with van der Waals surface area (Å²) in [4.78, 5) is 10.3. The van der Waals surface area contributed by atoms with Gasteiger partial charge in [-0.25, -0.2) is 9.97 Å². The molecule has 2 aromatic carbocycles. The summed E-state index contributed by atoms with van der Waals surface area (Å²) >= 11 is 1.13. The molecule has 2 heterocycles. The van der Waals surface area contributed by atoms with Crippen molar-refractivity contribution in [2.24, 2.45) is 0 Å². The van der Waals surface area contributed by atoms with Crippen LogP contribution in [0.1, 0.15) is 45.5 Å². The normalized spacial score (nSPS) is 14.9. The summed E-state index contributed by atoms with van der Waals surface area (Å²) in [6.07, 6.45) is -2.02. The van der Waals surface area contributed by atoms with Gasteiger partial charge in [0.2, 0.25) is 0 Å². The van der Waals surface area contributed by atoms with Gasteiger partial charge in [0.05, 0.1) is 19.8 Å². The highest BCUT2D eigenvalue weighted by molar-refractivity contribution is 7.98. The number of morpholine rings is 1. The summed E-state index contributed by atoms with van der Waals surface area (Å²) in [5.74, 6) is 0.314. The molecule has 3 aromatic rings. The van der Waals surface area contributed by atoms with Gasteiger partial charge in [-0.3, -0.25) is 0 Å². The molecule has 0 unspecified atom stereocenters. The minimum atomic E-state index is -4.54. The number of aryl methyl sites for hydroxylation is 4. The number of anilines is 1. The Hall–Kier alpha value is -2.14. The van der Waals surface area contributed by atoms with Gasteiger partial charge in [-0.2, -0.15) is 13.2 Å². The second kappa shape index (κ2) is 14.4. The van der Waals surface area contributed by atoms with Gasteiger partial charge in [-0.15, -0.1) is 0 Å². The van der Waals surface area contributed by atoms with Crippen molar-refractivity contribution < 1.29 is 39.4 Å². The van der Waals surface area contributed by atoms with Gasteiger partial charge in [0.15, 0.2) is 10.9 Å². The fourth-order valence-corrected chi connectivity index (χ4v) is 6.18. The zero-order valence-corrected chi connectivity index (χ0v) is 26.9. The van der Waals surface area contributed by atoms with Crippen LogP contribution in [0.4, 0.5) is 19.0 Å². The molecule has 1 aliphatic rings. The number of benzene rings is 2. The molecule has 10 heteroatoms. The Labute approximate surface area is 256 Å². The molecule has 1 fully saturated rings. The molecule has 0 amide bonds. The molecule has 5 nitrogen and oxygen atoms in total. The summed E-state index contributed by atoms with van der Waals surface area (Å²) in [7, 11) is 0. The van der Waals surface area contributed by atoms with E-state index in [0.29, 0.717) is 18.9 Å². The maximum absolute atomic E-state index is 13.8. The first-order chi connectivity index (χ1) is 18.9. The van der Waals surface area contributed by atoms with Crippen molar-refractivity contribution >= 4 is 17.6 Å². The predicted molar refractivity (Wildman–Crippen MR) is 156 cm³/mol. The van der Waals surface area contributed by atoms with Gasteiger partial charge in [-0.05, 0) is 39.5 Å². The Balaban J connectivity index is 0.00000462. The molecular formula is C31H40BrF3N4OS. The number of rotatable bonds is 10. The summed E-state index contributed by atoms with van der Waals surface area (Å²) < 4.78 is 47.9. The summed E-state index contributed by atoms with van der Waals surface area (Å²) in [5.41, 5.74) is 6.25. The second-order valence-electron chi connectivity index (χ2n) is 11.1. The van der Waals surface area contributed by atoms with Crippen molar-refractivity contribution in [3.8, 4) is 0 Å². The third-order valence-corrected chi connectivity index (χ3v) is 7.97. The first kappa shape index (κ1) is 33.4. The monoisotopic (exact) mass is 652 g/mol. The van der Waals surface area contributed by atoms with Crippen LogP contribution in [0, 0.1) is 27.7 Å². The fraction of sp³-hybridized carbons (Fsp3) is 0.484. The van der Waals surface area contributed by atoms with E-state index in [9.17, 15) is 13.2 Å². The van der Waals surface area contributed by atoms with Crippen molar-refractivity contribution in [2.45, 2.75) is 58.5 Å². The number of quaternary nitrogens is 1.